The third-order valence-corrected chi connectivity index (χ3v) is 7.27. The van der Waals surface area contributed by atoms with Crippen molar-refractivity contribution in [3.05, 3.63) is 76.0 Å². The van der Waals surface area contributed by atoms with E-state index in [0.717, 1.165) is 20.3 Å². The van der Waals surface area contributed by atoms with E-state index in [-0.39, 0.29) is 4.90 Å². The number of methoxy groups -OCH3 is 1. The molecular weight excluding hydrogens is 434 g/mol. The van der Waals surface area contributed by atoms with Crippen LogP contribution in [0.5, 0.6) is 5.75 Å². The van der Waals surface area contributed by atoms with Gasteiger partial charge in [-0.3, -0.25) is 9.10 Å². The van der Waals surface area contributed by atoms with Crippen LogP contribution in [-0.2, 0) is 14.8 Å². The average Bonchev–Trinajstić information content (AvgIpc) is 3.17. The topological polar surface area (TPSA) is 88.1 Å². The average molecular weight is 458 g/mol. The SMILES string of the molecule is COc1ccc(S(=O)(=O)N(CC(=O)N/N=C\c2sccc2C)c2ccc(C)cc2)cc1. The normalized spacial score (nSPS) is 11.5. The molecule has 0 unspecified atom stereocenters. The molecule has 1 amide bonds. The Morgan fingerprint density at radius 3 is 2.35 bits per heavy atom. The number of hydrazone groups is 1. The van der Waals surface area contributed by atoms with Crippen LogP contribution in [0.25, 0.3) is 0 Å². The fraction of sp³-hybridized carbons (Fsp3) is 0.182. The van der Waals surface area contributed by atoms with Crippen LogP contribution in [0.4, 0.5) is 5.69 Å². The fourth-order valence-electron chi connectivity index (χ4n) is 2.75. The monoisotopic (exact) mass is 457 g/mol. The summed E-state index contributed by atoms with van der Waals surface area (Å²) in [4.78, 5) is 13.5. The number of nitrogens with zero attached hydrogens (tertiary/aromatic N) is 2. The highest BCUT2D eigenvalue weighted by Crippen LogP contribution is 2.25. The molecule has 0 saturated heterocycles. The predicted octanol–water partition coefficient (Wildman–Crippen LogP) is 3.72. The van der Waals surface area contributed by atoms with E-state index in [4.69, 9.17) is 4.74 Å². The second kappa shape index (κ2) is 9.76. The first-order chi connectivity index (χ1) is 14.8. The number of thiophene rings is 1. The smallest absolute Gasteiger partial charge is 0.264 e. The van der Waals surface area contributed by atoms with Gasteiger partial charge in [-0.2, -0.15) is 5.10 Å². The summed E-state index contributed by atoms with van der Waals surface area (Å²) in [5.41, 5.74) is 4.82. The van der Waals surface area contributed by atoms with Gasteiger partial charge in [-0.1, -0.05) is 17.7 Å². The molecule has 3 rings (SSSR count). The minimum absolute atomic E-state index is 0.0550. The molecule has 31 heavy (non-hydrogen) atoms. The molecule has 0 fully saturated rings. The molecule has 0 atom stereocenters. The number of hydrogen-bond acceptors (Lipinski definition) is 6. The summed E-state index contributed by atoms with van der Waals surface area (Å²) < 4.78 is 32.8. The van der Waals surface area contributed by atoms with Gasteiger partial charge in [0.2, 0.25) is 0 Å². The number of carbonyl (C=O) groups is 1. The minimum atomic E-state index is -3.99. The molecule has 0 aliphatic rings. The van der Waals surface area contributed by atoms with Crippen molar-refractivity contribution in [2.75, 3.05) is 18.0 Å². The molecular formula is C22H23N3O4S2. The third-order valence-electron chi connectivity index (χ3n) is 4.53. The van der Waals surface area contributed by atoms with E-state index in [1.54, 1.807) is 42.6 Å². The lowest BCUT2D eigenvalue weighted by Crippen LogP contribution is -2.39. The number of benzene rings is 2. The summed E-state index contributed by atoms with van der Waals surface area (Å²) >= 11 is 1.50. The number of sulfonamides is 1. The van der Waals surface area contributed by atoms with Gasteiger partial charge in [0.1, 0.15) is 12.3 Å². The Morgan fingerprint density at radius 2 is 1.77 bits per heavy atom. The third kappa shape index (κ3) is 5.50. The van der Waals surface area contributed by atoms with E-state index in [1.165, 1.54) is 30.6 Å². The highest BCUT2D eigenvalue weighted by atomic mass is 32.2. The highest BCUT2D eigenvalue weighted by Gasteiger charge is 2.27. The number of amides is 1. The van der Waals surface area contributed by atoms with Crippen LogP contribution >= 0.6 is 11.3 Å². The van der Waals surface area contributed by atoms with E-state index >= 15 is 0 Å². The summed E-state index contributed by atoms with van der Waals surface area (Å²) in [6, 6.07) is 14.9. The van der Waals surface area contributed by atoms with Gasteiger partial charge in [-0.15, -0.1) is 11.3 Å². The molecule has 1 heterocycles. The van der Waals surface area contributed by atoms with Crippen LogP contribution in [-0.4, -0.2) is 34.2 Å². The fourth-order valence-corrected chi connectivity index (χ4v) is 4.95. The molecule has 0 bridgehead atoms. The van der Waals surface area contributed by atoms with Crippen LogP contribution < -0.4 is 14.5 Å². The molecule has 0 saturated carbocycles. The van der Waals surface area contributed by atoms with Crippen molar-refractivity contribution in [2.45, 2.75) is 18.7 Å². The lowest BCUT2D eigenvalue weighted by Gasteiger charge is -2.24. The number of aryl methyl sites for hydroxylation is 2. The van der Waals surface area contributed by atoms with Gasteiger partial charge in [0.15, 0.2) is 0 Å². The summed E-state index contributed by atoms with van der Waals surface area (Å²) in [5.74, 6) is -0.0140. The van der Waals surface area contributed by atoms with Crippen molar-refractivity contribution < 1.29 is 17.9 Å². The minimum Gasteiger partial charge on any atom is -0.497 e. The van der Waals surface area contributed by atoms with Crippen LogP contribution in [0.1, 0.15) is 16.0 Å². The Bertz CT molecular complexity index is 1170. The molecule has 0 aliphatic heterocycles. The standard InChI is InChI=1S/C22H23N3O4S2/c1-16-4-6-18(7-5-16)25(31(27,28)20-10-8-19(29-3)9-11-20)15-22(26)24-23-14-21-17(2)12-13-30-21/h4-14H,15H2,1-3H3,(H,24,26)/b23-14-. The van der Waals surface area contributed by atoms with E-state index in [1.807, 2.05) is 25.3 Å². The zero-order chi connectivity index (χ0) is 22.4. The van der Waals surface area contributed by atoms with Gasteiger partial charge >= 0.3 is 0 Å². The Balaban J connectivity index is 1.85. The molecule has 0 radical (unpaired) electrons. The summed E-state index contributed by atoms with van der Waals surface area (Å²) in [6.07, 6.45) is 1.55. The molecule has 0 spiro atoms. The molecule has 9 heteroatoms. The van der Waals surface area contributed by atoms with Crippen LogP contribution in [0.2, 0.25) is 0 Å². The number of nitrogens with one attached hydrogen (secondary N) is 1. The summed E-state index contributed by atoms with van der Waals surface area (Å²) in [5, 5.41) is 5.89. The molecule has 0 aliphatic carbocycles. The summed E-state index contributed by atoms with van der Waals surface area (Å²) in [6.45, 7) is 3.43. The molecule has 1 aromatic heterocycles. The van der Waals surface area contributed by atoms with Gasteiger partial charge < -0.3 is 4.74 Å². The van der Waals surface area contributed by atoms with Crippen LogP contribution in [0, 0.1) is 13.8 Å². The van der Waals surface area contributed by atoms with Gasteiger partial charge in [0.05, 0.1) is 23.9 Å². The molecule has 7 nitrogen and oxygen atoms in total. The predicted molar refractivity (Wildman–Crippen MR) is 123 cm³/mol. The first-order valence-corrected chi connectivity index (χ1v) is 11.7. The van der Waals surface area contributed by atoms with Crippen LogP contribution in [0.3, 0.4) is 0 Å². The van der Waals surface area contributed by atoms with Crippen molar-refractivity contribution in [1.29, 1.82) is 0 Å². The summed E-state index contributed by atoms with van der Waals surface area (Å²) in [7, 11) is -2.49. The number of anilines is 1. The zero-order valence-corrected chi connectivity index (χ0v) is 19.0. The molecule has 162 valence electrons. The lowest BCUT2D eigenvalue weighted by atomic mass is 10.2. The van der Waals surface area contributed by atoms with Gasteiger partial charge in [-0.05, 0) is 67.3 Å². The Labute approximate surface area is 186 Å². The van der Waals surface area contributed by atoms with Gasteiger partial charge in [0.25, 0.3) is 15.9 Å². The van der Waals surface area contributed by atoms with Gasteiger partial charge in [-0.25, -0.2) is 13.8 Å². The number of hydrogen-bond donors (Lipinski definition) is 1. The van der Waals surface area contributed by atoms with Crippen molar-refractivity contribution in [2.24, 2.45) is 5.10 Å². The molecule has 3 aromatic rings. The van der Waals surface area contributed by atoms with Crippen LogP contribution in [0.15, 0.2) is 70.0 Å². The van der Waals surface area contributed by atoms with Crippen molar-refractivity contribution in [3.8, 4) is 5.75 Å². The highest BCUT2D eigenvalue weighted by molar-refractivity contribution is 7.92. The first-order valence-electron chi connectivity index (χ1n) is 9.40. The second-order valence-electron chi connectivity index (χ2n) is 6.78. The largest absolute Gasteiger partial charge is 0.497 e. The number of ether oxygens (including phenoxy) is 1. The number of rotatable bonds is 8. The lowest BCUT2D eigenvalue weighted by molar-refractivity contribution is -0.119. The van der Waals surface area contributed by atoms with E-state index in [0.29, 0.717) is 11.4 Å². The molecule has 1 N–H and O–H groups in total. The Morgan fingerprint density at radius 1 is 1.10 bits per heavy atom. The first kappa shape index (κ1) is 22.5. The van der Waals surface area contributed by atoms with Crippen molar-refractivity contribution >= 4 is 39.2 Å². The molecule has 2 aromatic carbocycles. The van der Waals surface area contributed by atoms with E-state index < -0.39 is 22.5 Å². The maximum Gasteiger partial charge on any atom is 0.264 e. The van der Waals surface area contributed by atoms with E-state index in [9.17, 15) is 13.2 Å². The van der Waals surface area contributed by atoms with Crippen molar-refractivity contribution in [1.82, 2.24) is 5.43 Å². The van der Waals surface area contributed by atoms with Gasteiger partial charge in [0, 0.05) is 4.88 Å². The van der Waals surface area contributed by atoms with Crippen molar-refractivity contribution in [3.63, 3.8) is 0 Å². The van der Waals surface area contributed by atoms with E-state index in [2.05, 4.69) is 10.5 Å². The zero-order valence-electron chi connectivity index (χ0n) is 17.4. The number of carbonyl (C=O) groups excluding carboxylic acids is 1. The Hall–Kier alpha value is -3.17. The maximum atomic E-state index is 13.3. The quantitative estimate of drug-likeness (QED) is 0.412. The second-order valence-corrected chi connectivity index (χ2v) is 9.59. The maximum absolute atomic E-state index is 13.3. The Kier molecular flexibility index (Phi) is 7.09.